The van der Waals surface area contributed by atoms with Crippen LogP contribution in [-0.4, -0.2) is 26.7 Å². The van der Waals surface area contributed by atoms with Gasteiger partial charge in [0.2, 0.25) is 11.7 Å². The van der Waals surface area contributed by atoms with Gasteiger partial charge in [0, 0.05) is 32.6 Å². The Hall–Kier alpha value is -3.96. The van der Waals surface area contributed by atoms with E-state index in [1.54, 1.807) is 0 Å². The van der Waals surface area contributed by atoms with Crippen molar-refractivity contribution in [3.63, 3.8) is 0 Å². The molecule has 3 aromatic heterocycles. The van der Waals surface area contributed by atoms with Gasteiger partial charge in [0.25, 0.3) is 4.66 Å². The van der Waals surface area contributed by atoms with Crippen molar-refractivity contribution in [3.05, 3.63) is 98.2 Å². The molecule has 0 aliphatic rings. The van der Waals surface area contributed by atoms with E-state index in [9.17, 15) is 18.5 Å². The van der Waals surface area contributed by atoms with Crippen LogP contribution in [-0.2, 0) is 12.4 Å². The standard InChI is InChI=1S/C25H19ClF2N5O3S/c1-14-6-8-15(9-7-14)23-16(12-26)22-24(34)32(20-10-11-21(36-2)30-29-20)33(35)31(25(22)37-23)13-17-18(27)4-3-5-19(17)28/h3-11H,12-13H2,1-2H3/q+1. The minimum absolute atomic E-state index is 0.0380. The quantitative estimate of drug-likeness (QED) is 0.231. The molecule has 37 heavy (non-hydrogen) atoms. The molecule has 0 aliphatic heterocycles. The third kappa shape index (κ3) is 4.30. The molecule has 5 aromatic rings. The lowest BCUT2D eigenvalue weighted by Crippen LogP contribution is -2.48. The van der Waals surface area contributed by atoms with Crippen molar-refractivity contribution in [2.24, 2.45) is 0 Å². The summed E-state index contributed by atoms with van der Waals surface area (Å²) in [6.07, 6.45) is 0. The predicted octanol–water partition coefficient (Wildman–Crippen LogP) is 4.61. The summed E-state index contributed by atoms with van der Waals surface area (Å²) < 4.78 is 36.3. The fraction of sp³-hybridized carbons (Fsp3) is 0.160. The Morgan fingerprint density at radius 2 is 1.73 bits per heavy atom. The third-order valence-electron chi connectivity index (χ3n) is 5.88. The molecule has 0 N–H and O–H groups in total. The van der Waals surface area contributed by atoms with Gasteiger partial charge in [0.15, 0.2) is 4.83 Å². The molecule has 0 bridgehead atoms. The normalized spacial score (nSPS) is 11.3. The van der Waals surface area contributed by atoms with Gasteiger partial charge in [-0.2, -0.15) is 0 Å². The number of ether oxygens (including phenoxy) is 1. The fourth-order valence-corrected chi connectivity index (χ4v) is 5.62. The number of aromatic nitrogens is 5. The van der Waals surface area contributed by atoms with E-state index in [0.717, 1.165) is 44.0 Å². The zero-order valence-electron chi connectivity index (χ0n) is 19.6. The van der Waals surface area contributed by atoms with Crippen molar-refractivity contribution < 1.29 is 18.2 Å². The Balaban J connectivity index is 1.87. The molecular formula is C25H19ClF2N5O3S+. The Bertz CT molecular complexity index is 1730. The highest BCUT2D eigenvalue weighted by molar-refractivity contribution is 7.22. The molecule has 0 saturated heterocycles. The maximum atomic E-state index is 14.6. The number of alkyl halides is 1. The van der Waals surface area contributed by atoms with Crippen molar-refractivity contribution in [2.45, 2.75) is 19.3 Å². The number of fused-ring (bicyclic) bond motifs is 1. The third-order valence-corrected chi connectivity index (χ3v) is 7.44. The average Bonchev–Trinajstić information content (AvgIpc) is 3.29. The maximum absolute atomic E-state index is 14.6. The van der Waals surface area contributed by atoms with Gasteiger partial charge < -0.3 is 4.74 Å². The second kappa shape index (κ2) is 9.83. The predicted molar refractivity (Wildman–Crippen MR) is 136 cm³/mol. The highest BCUT2D eigenvalue weighted by Crippen LogP contribution is 2.38. The van der Waals surface area contributed by atoms with Crippen molar-refractivity contribution in [1.82, 2.24) is 19.6 Å². The number of hydrogen-bond acceptors (Lipinski definition) is 6. The van der Waals surface area contributed by atoms with E-state index in [2.05, 4.69) is 10.2 Å². The number of halogens is 3. The summed E-state index contributed by atoms with van der Waals surface area (Å²) in [5, 5.41) is 7.93. The molecule has 0 amide bonds. The summed E-state index contributed by atoms with van der Waals surface area (Å²) in [6.45, 7) is 1.46. The van der Waals surface area contributed by atoms with Crippen LogP contribution in [0.15, 0.2) is 59.4 Å². The first-order chi connectivity index (χ1) is 17.8. The lowest BCUT2D eigenvalue weighted by molar-refractivity contribution is -0.675. The minimum Gasteiger partial charge on any atom is -0.480 e. The van der Waals surface area contributed by atoms with Crippen LogP contribution in [0.25, 0.3) is 26.5 Å². The Kier molecular flexibility index (Phi) is 6.57. The van der Waals surface area contributed by atoms with Gasteiger partial charge in [0.05, 0.1) is 17.4 Å². The molecule has 3 heterocycles. The van der Waals surface area contributed by atoms with Crippen LogP contribution in [0.1, 0.15) is 16.7 Å². The van der Waals surface area contributed by atoms with Gasteiger partial charge in [-0.3, -0.25) is 4.79 Å². The largest absolute Gasteiger partial charge is 0.480 e. The molecule has 2 aromatic carbocycles. The molecule has 0 atom stereocenters. The highest BCUT2D eigenvalue weighted by Gasteiger charge is 2.30. The van der Waals surface area contributed by atoms with Crippen molar-refractivity contribution in [3.8, 4) is 22.1 Å². The van der Waals surface area contributed by atoms with Crippen LogP contribution in [0.5, 0.6) is 5.88 Å². The van der Waals surface area contributed by atoms with Gasteiger partial charge in [-0.15, -0.1) is 33.1 Å². The van der Waals surface area contributed by atoms with Crippen molar-refractivity contribution >= 4 is 33.2 Å². The molecule has 5 rings (SSSR count). The number of aryl methyl sites for hydroxylation is 1. The van der Waals surface area contributed by atoms with E-state index >= 15 is 0 Å². The number of methoxy groups -OCH3 is 1. The van der Waals surface area contributed by atoms with E-state index in [-0.39, 0.29) is 38.0 Å². The maximum Gasteiger partial charge on any atom is 0.327 e. The molecule has 8 nitrogen and oxygen atoms in total. The van der Waals surface area contributed by atoms with Crippen LogP contribution < -0.4 is 15.0 Å². The van der Waals surface area contributed by atoms with Crippen LogP contribution in [0.2, 0.25) is 0 Å². The van der Waals surface area contributed by atoms with Gasteiger partial charge >= 0.3 is 5.56 Å². The Morgan fingerprint density at radius 1 is 1.03 bits per heavy atom. The van der Waals surface area contributed by atoms with E-state index in [0.29, 0.717) is 10.4 Å². The summed E-state index contributed by atoms with van der Waals surface area (Å²) in [6, 6.07) is 13.9. The van der Waals surface area contributed by atoms with Gasteiger partial charge in [0.1, 0.15) is 18.2 Å². The average molecular weight is 543 g/mol. The summed E-state index contributed by atoms with van der Waals surface area (Å²) in [5.74, 6) is -1.61. The van der Waals surface area contributed by atoms with Gasteiger partial charge in [-0.1, -0.05) is 40.6 Å². The number of hydrogen-bond donors (Lipinski definition) is 0. The first kappa shape index (κ1) is 24.7. The monoisotopic (exact) mass is 542 g/mol. The fourth-order valence-electron chi connectivity index (χ4n) is 3.98. The van der Waals surface area contributed by atoms with Crippen LogP contribution in [0.4, 0.5) is 8.78 Å². The Labute approximate surface area is 217 Å². The number of rotatable bonds is 6. The van der Waals surface area contributed by atoms with E-state index in [1.165, 1.54) is 25.3 Å². The molecule has 0 spiro atoms. The van der Waals surface area contributed by atoms with Crippen LogP contribution in [0, 0.1) is 23.5 Å². The lowest BCUT2D eigenvalue weighted by Gasteiger charge is -2.06. The molecule has 0 saturated carbocycles. The van der Waals surface area contributed by atoms with E-state index in [4.69, 9.17) is 16.3 Å². The van der Waals surface area contributed by atoms with E-state index < -0.39 is 23.7 Å². The SMILES string of the molecule is COc1ccc(-n2c(=O)c3c(CCl)c(-c4ccc(C)cc4)sc3n(Cc3c(F)cccc3F)[n+]2=O)nn1. The molecule has 0 radical (unpaired) electrons. The molecule has 12 heteroatoms. The topological polar surface area (TPSA) is 84.9 Å². The zero-order valence-corrected chi connectivity index (χ0v) is 21.2. The summed E-state index contributed by atoms with van der Waals surface area (Å²) >= 11 is 7.49. The molecule has 188 valence electrons. The molecule has 0 unspecified atom stereocenters. The minimum atomic E-state index is -0.824. The first-order valence-corrected chi connectivity index (χ1v) is 12.4. The second-order valence-corrected chi connectivity index (χ2v) is 9.42. The molecule has 0 aliphatic carbocycles. The number of nitrogens with zero attached hydrogens (tertiary/aromatic N) is 5. The first-order valence-electron chi connectivity index (χ1n) is 11.0. The van der Waals surface area contributed by atoms with Crippen molar-refractivity contribution in [2.75, 3.05) is 7.11 Å². The van der Waals surface area contributed by atoms with E-state index in [1.807, 2.05) is 31.2 Å². The highest BCUT2D eigenvalue weighted by atomic mass is 35.5. The van der Waals surface area contributed by atoms with Gasteiger partial charge in [-0.25, -0.2) is 8.78 Å². The summed E-state index contributed by atoms with van der Waals surface area (Å²) in [4.78, 5) is 28.3. The number of thiophene rings is 1. The van der Waals surface area contributed by atoms with Crippen molar-refractivity contribution in [1.29, 1.82) is 0 Å². The Morgan fingerprint density at radius 3 is 2.32 bits per heavy atom. The summed E-state index contributed by atoms with van der Waals surface area (Å²) in [7, 11) is 1.40. The number of benzene rings is 2. The van der Waals surface area contributed by atoms with Gasteiger partial charge in [-0.05, 0) is 30.7 Å². The van der Waals surface area contributed by atoms with Crippen LogP contribution in [0.3, 0.4) is 0 Å². The second-order valence-electron chi connectivity index (χ2n) is 8.15. The summed E-state index contributed by atoms with van der Waals surface area (Å²) in [5.41, 5.74) is 1.30. The lowest BCUT2D eigenvalue weighted by atomic mass is 10.1. The zero-order chi connectivity index (χ0) is 26.3. The smallest absolute Gasteiger partial charge is 0.327 e. The molecular weight excluding hydrogens is 524 g/mol. The molecule has 0 fully saturated rings. The van der Waals surface area contributed by atoms with Crippen LogP contribution >= 0.6 is 22.9 Å².